The third-order valence-corrected chi connectivity index (χ3v) is 13.6. The van der Waals surface area contributed by atoms with Crippen molar-refractivity contribution >= 4 is 29.7 Å². The number of nitrogens with zero attached hydrogens (tertiary/aromatic N) is 3. The van der Waals surface area contributed by atoms with E-state index < -0.39 is 19.7 Å². The maximum Gasteiger partial charge on any atom is 0.261 e. The van der Waals surface area contributed by atoms with Gasteiger partial charge in [0.05, 0.1) is 18.3 Å². The molecule has 0 bridgehead atoms. The molecule has 0 unspecified atom stereocenters. The molecule has 0 spiro atoms. The smallest absolute Gasteiger partial charge is 0.261 e. The van der Waals surface area contributed by atoms with Crippen molar-refractivity contribution in [3.8, 4) is 0 Å². The molecule has 40 heavy (non-hydrogen) atoms. The van der Waals surface area contributed by atoms with Gasteiger partial charge in [-0.15, -0.1) is 0 Å². The number of hydrogen-bond donors (Lipinski definition) is 0. The van der Waals surface area contributed by atoms with Gasteiger partial charge >= 0.3 is 0 Å². The molecule has 0 radical (unpaired) electrons. The molecule has 7 heteroatoms. The largest absolute Gasteiger partial charge is 0.403 e. The normalized spacial score (nSPS) is 24.3. The molecule has 6 nitrogen and oxygen atoms in total. The van der Waals surface area contributed by atoms with E-state index in [0.29, 0.717) is 6.61 Å². The molecule has 1 aliphatic carbocycles. The number of benzene rings is 2. The minimum Gasteiger partial charge on any atom is -0.403 e. The fourth-order valence-corrected chi connectivity index (χ4v) is 11.3. The van der Waals surface area contributed by atoms with E-state index in [0.717, 1.165) is 22.3 Å². The lowest BCUT2D eigenvalue weighted by atomic mass is 9.95. The standard InChI is InChI=1S/C33H39N3O3Si/c1-23-27-18-19-36(30(27)35-22-34-23)28-20-24(33(7)29(28)38-32(5,6)39-33)21-37-40(31(2,3)4,25-14-10-8-11-15-25)26-16-12-9-13-17-26/h8-20,22,28-29H,21H2,1-7H3/t28-,29+,33-/m1/s1. The maximum absolute atomic E-state index is 7.36. The summed E-state index contributed by atoms with van der Waals surface area (Å²) in [6, 6.07) is 23.5. The highest BCUT2D eigenvalue weighted by molar-refractivity contribution is 6.99. The zero-order chi connectivity index (χ0) is 28.3. The molecule has 0 N–H and O–H groups in total. The molecule has 6 rings (SSSR count). The Morgan fingerprint density at radius 3 is 2.15 bits per heavy atom. The van der Waals surface area contributed by atoms with Gasteiger partial charge < -0.3 is 18.5 Å². The summed E-state index contributed by atoms with van der Waals surface area (Å²) in [4.78, 5) is 9.03. The van der Waals surface area contributed by atoms with E-state index >= 15 is 0 Å². The third kappa shape index (κ3) is 4.18. The second-order valence-electron chi connectivity index (χ2n) is 12.7. The molecule has 1 fully saturated rings. The Bertz CT molecular complexity index is 1520. The molecule has 1 aliphatic heterocycles. The van der Waals surface area contributed by atoms with Crippen LogP contribution in [0.5, 0.6) is 0 Å². The molecule has 2 aliphatic rings. The van der Waals surface area contributed by atoms with Gasteiger partial charge in [-0.2, -0.15) is 0 Å². The number of aromatic nitrogens is 3. The molecule has 3 heterocycles. The van der Waals surface area contributed by atoms with Gasteiger partial charge in [0, 0.05) is 11.6 Å². The van der Waals surface area contributed by atoms with Gasteiger partial charge in [-0.3, -0.25) is 0 Å². The van der Waals surface area contributed by atoms with E-state index in [9.17, 15) is 0 Å². The lowest BCUT2D eigenvalue weighted by Gasteiger charge is -2.43. The van der Waals surface area contributed by atoms with Gasteiger partial charge in [0.15, 0.2) is 5.79 Å². The Morgan fingerprint density at radius 2 is 1.55 bits per heavy atom. The van der Waals surface area contributed by atoms with Gasteiger partial charge in [0.25, 0.3) is 8.32 Å². The Balaban J connectivity index is 1.45. The third-order valence-electron chi connectivity index (χ3n) is 8.62. The topological polar surface area (TPSA) is 58.4 Å². The first-order chi connectivity index (χ1) is 19.0. The summed E-state index contributed by atoms with van der Waals surface area (Å²) in [5.74, 6) is -0.720. The van der Waals surface area contributed by atoms with E-state index in [2.05, 4.69) is 121 Å². The van der Waals surface area contributed by atoms with Crippen LogP contribution < -0.4 is 10.4 Å². The molecule has 208 valence electrons. The Morgan fingerprint density at radius 1 is 0.925 bits per heavy atom. The van der Waals surface area contributed by atoms with E-state index in [1.807, 2.05) is 20.8 Å². The lowest BCUT2D eigenvalue weighted by Crippen LogP contribution is -2.66. The molecule has 2 aromatic heterocycles. The fourth-order valence-electron chi connectivity index (χ4n) is 6.82. The first kappa shape index (κ1) is 27.1. The summed E-state index contributed by atoms with van der Waals surface area (Å²) in [6.07, 6.45) is 5.80. The highest BCUT2D eigenvalue weighted by Gasteiger charge is 2.60. The molecule has 0 saturated carbocycles. The molecule has 1 saturated heterocycles. The molecule has 2 aromatic carbocycles. The number of fused-ring (bicyclic) bond motifs is 2. The van der Waals surface area contributed by atoms with Gasteiger partial charge in [0.1, 0.15) is 23.7 Å². The summed E-state index contributed by atoms with van der Waals surface area (Å²) in [5.41, 5.74) is 2.33. The second kappa shape index (κ2) is 9.48. The molecular formula is C33H39N3O3Si. The average Bonchev–Trinajstić information content (AvgIpc) is 3.52. The van der Waals surface area contributed by atoms with Crippen LogP contribution in [-0.2, 0) is 13.9 Å². The maximum atomic E-state index is 7.36. The van der Waals surface area contributed by atoms with Crippen molar-refractivity contribution in [3.05, 3.63) is 96.6 Å². The zero-order valence-electron chi connectivity index (χ0n) is 24.5. The summed E-state index contributed by atoms with van der Waals surface area (Å²) >= 11 is 0. The van der Waals surface area contributed by atoms with Gasteiger partial charge in [-0.1, -0.05) is 87.5 Å². The van der Waals surface area contributed by atoms with Crippen molar-refractivity contribution in [3.63, 3.8) is 0 Å². The molecule has 0 amide bonds. The highest BCUT2D eigenvalue weighted by atomic mass is 28.4. The number of rotatable bonds is 6. The quantitative estimate of drug-likeness (QED) is 0.226. The van der Waals surface area contributed by atoms with Crippen molar-refractivity contribution in [2.24, 2.45) is 0 Å². The minimum atomic E-state index is -2.73. The zero-order valence-corrected chi connectivity index (χ0v) is 25.5. The highest BCUT2D eigenvalue weighted by Crippen LogP contribution is 2.51. The monoisotopic (exact) mass is 553 g/mol. The van der Waals surface area contributed by atoms with E-state index in [-0.39, 0.29) is 17.2 Å². The van der Waals surface area contributed by atoms with Crippen molar-refractivity contribution in [1.29, 1.82) is 0 Å². The average molecular weight is 554 g/mol. The minimum absolute atomic E-state index is 0.0867. The summed E-state index contributed by atoms with van der Waals surface area (Å²) < 4.78 is 22.9. The van der Waals surface area contributed by atoms with Crippen LogP contribution in [0.1, 0.15) is 53.3 Å². The van der Waals surface area contributed by atoms with Crippen LogP contribution in [0.3, 0.4) is 0 Å². The van der Waals surface area contributed by atoms with Crippen LogP contribution in [0, 0.1) is 6.92 Å². The van der Waals surface area contributed by atoms with Crippen molar-refractivity contribution in [2.45, 2.75) is 77.0 Å². The Hall–Kier alpha value is -3.10. The first-order valence-electron chi connectivity index (χ1n) is 14.1. The Labute approximate surface area is 238 Å². The predicted octanol–water partition coefficient (Wildman–Crippen LogP) is 5.71. The number of aryl methyl sites for hydroxylation is 1. The van der Waals surface area contributed by atoms with Gasteiger partial charge in [-0.05, 0) is 54.7 Å². The van der Waals surface area contributed by atoms with Crippen LogP contribution >= 0.6 is 0 Å². The lowest BCUT2D eigenvalue weighted by molar-refractivity contribution is -0.158. The second-order valence-corrected chi connectivity index (χ2v) is 17.0. The van der Waals surface area contributed by atoms with Crippen molar-refractivity contribution < 1.29 is 13.9 Å². The van der Waals surface area contributed by atoms with Gasteiger partial charge in [0.2, 0.25) is 0 Å². The van der Waals surface area contributed by atoms with E-state index in [1.165, 1.54) is 10.4 Å². The van der Waals surface area contributed by atoms with Crippen LogP contribution in [0.2, 0.25) is 5.04 Å². The molecule has 3 atom stereocenters. The summed E-state index contributed by atoms with van der Waals surface area (Å²) in [6.45, 7) is 15.5. The fraction of sp³-hybridized carbons (Fsp3) is 0.394. The summed E-state index contributed by atoms with van der Waals surface area (Å²) in [7, 11) is -2.73. The SMILES string of the molecule is Cc1ncnc2c1ccn2[C@@H]1C=C(CO[Si](c2ccccc2)(c2ccccc2)C(C)(C)C)[C@@]2(C)OC(C)(C)O[C@@H]12. The predicted molar refractivity (Wildman–Crippen MR) is 161 cm³/mol. The van der Waals surface area contributed by atoms with E-state index in [1.54, 1.807) is 6.33 Å². The van der Waals surface area contributed by atoms with Crippen LogP contribution in [0.25, 0.3) is 11.0 Å². The van der Waals surface area contributed by atoms with Crippen molar-refractivity contribution in [2.75, 3.05) is 6.61 Å². The summed E-state index contributed by atoms with van der Waals surface area (Å²) in [5, 5.41) is 3.45. The van der Waals surface area contributed by atoms with Crippen LogP contribution in [0.15, 0.2) is 90.9 Å². The van der Waals surface area contributed by atoms with Crippen LogP contribution in [-0.4, -0.2) is 47.0 Å². The molecular weight excluding hydrogens is 514 g/mol. The number of ether oxygens (including phenoxy) is 2. The van der Waals surface area contributed by atoms with Crippen molar-refractivity contribution in [1.82, 2.24) is 14.5 Å². The Kier molecular flexibility index (Phi) is 6.42. The molecule has 4 aromatic rings. The van der Waals surface area contributed by atoms with Gasteiger partial charge in [-0.25, -0.2) is 9.97 Å². The van der Waals surface area contributed by atoms with E-state index in [4.69, 9.17) is 13.9 Å². The first-order valence-corrected chi connectivity index (χ1v) is 16.0. The number of hydrogen-bond acceptors (Lipinski definition) is 5. The van der Waals surface area contributed by atoms with Crippen LogP contribution in [0.4, 0.5) is 0 Å².